The molecule has 1 saturated heterocycles. The summed E-state index contributed by atoms with van der Waals surface area (Å²) < 4.78 is 19.3. The molecule has 0 aromatic heterocycles. The maximum Gasteiger partial charge on any atom is 0.131 e. The van der Waals surface area contributed by atoms with E-state index in [4.69, 9.17) is 4.74 Å². The highest BCUT2D eigenvalue weighted by atomic mass is 19.1. The van der Waals surface area contributed by atoms with Crippen molar-refractivity contribution in [2.45, 2.75) is 13.5 Å². The first-order valence-electron chi connectivity index (χ1n) is 7.38. The van der Waals surface area contributed by atoms with Gasteiger partial charge in [-0.25, -0.2) is 4.39 Å². The first kappa shape index (κ1) is 14.2. The fraction of sp³-hybridized carbons (Fsp3) is 0.333. The first-order valence-corrected chi connectivity index (χ1v) is 7.38. The standard InChI is InChI=1S/C18H20FNO/c1-14-2-7-17(18(19)12-14)16-5-3-15(4-6-16)13-20-8-10-21-11-9-20/h2-7,12H,8-11,13H2,1H3. The van der Waals surface area contributed by atoms with Crippen molar-refractivity contribution in [3.8, 4) is 11.1 Å². The van der Waals surface area contributed by atoms with Gasteiger partial charge in [-0.15, -0.1) is 0 Å². The number of hydrogen-bond acceptors (Lipinski definition) is 2. The third-order valence-corrected chi connectivity index (χ3v) is 3.90. The topological polar surface area (TPSA) is 12.5 Å². The van der Waals surface area contributed by atoms with Crippen molar-refractivity contribution in [1.29, 1.82) is 0 Å². The molecule has 0 amide bonds. The van der Waals surface area contributed by atoms with Gasteiger partial charge in [0.05, 0.1) is 13.2 Å². The summed E-state index contributed by atoms with van der Waals surface area (Å²) in [6, 6.07) is 13.6. The van der Waals surface area contributed by atoms with E-state index in [1.54, 1.807) is 6.07 Å². The molecule has 0 radical (unpaired) electrons. The molecule has 0 bridgehead atoms. The molecular formula is C18H20FNO. The van der Waals surface area contributed by atoms with Crippen LogP contribution in [0.25, 0.3) is 11.1 Å². The summed E-state index contributed by atoms with van der Waals surface area (Å²) in [5.41, 5.74) is 3.80. The second-order valence-corrected chi connectivity index (χ2v) is 5.57. The van der Waals surface area contributed by atoms with Gasteiger partial charge in [0.1, 0.15) is 5.82 Å². The lowest BCUT2D eigenvalue weighted by molar-refractivity contribution is 0.0342. The third kappa shape index (κ3) is 3.49. The zero-order valence-corrected chi connectivity index (χ0v) is 12.3. The molecule has 1 fully saturated rings. The van der Waals surface area contributed by atoms with Crippen LogP contribution < -0.4 is 0 Å². The van der Waals surface area contributed by atoms with E-state index in [0.717, 1.165) is 44.0 Å². The minimum Gasteiger partial charge on any atom is -0.379 e. The normalized spacial score (nSPS) is 16.1. The van der Waals surface area contributed by atoms with Crippen molar-refractivity contribution in [2.24, 2.45) is 0 Å². The minimum atomic E-state index is -0.157. The maximum atomic E-state index is 14.0. The summed E-state index contributed by atoms with van der Waals surface area (Å²) >= 11 is 0. The third-order valence-electron chi connectivity index (χ3n) is 3.90. The van der Waals surface area contributed by atoms with E-state index in [1.165, 1.54) is 5.56 Å². The lowest BCUT2D eigenvalue weighted by Crippen LogP contribution is -2.35. The molecule has 2 aromatic carbocycles. The molecule has 1 heterocycles. The van der Waals surface area contributed by atoms with Crippen LogP contribution in [0.15, 0.2) is 42.5 Å². The van der Waals surface area contributed by atoms with Crippen LogP contribution in [0.5, 0.6) is 0 Å². The zero-order valence-electron chi connectivity index (χ0n) is 12.3. The van der Waals surface area contributed by atoms with Crippen molar-refractivity contribution in [2.75, 3.05) is 26.3 Å². The molecule has 0 spiro atoms. The summed E-state index contributed by atoms with van der Waals surface area (Å²) in [5.74, 6) is -0.157. The van der Waals surface area contributed by atoms with Crippen molar-refractivity contribution in [3.05, 3.63) is 59.4 Å². The number of morpholine rings is 1. The Morgan fingerprint density at radius 2 is 1.76 bits per heavy atom. The Morgan fingerprint density at radius 3 is 2.43 bits per heavy atom. The largest absolute Gasteiger partial charge is 0.379 e. The van der Waals surface area contributed by atoms with Crippen LogP contribution >= 0.6 is 0 Å². The van der Waals surface area contributed by atoms with Crippen molar-refractivity contribution in [3.63, 3.8) is 0 Å². The van der Waals surface area contributed by atoms with Gasteiger partial charge in [-0.1, -0.05) is 36.4 Å². The number of aryl methyl sites for hydroxylation is 1. The molecular weight excluding hydrogens is 265 g/mol. The smallest absolute Gasteiger partial charge is 0.131 e. The van der Waals surface area contributed by atoms with Gasteiger partial charge in [0.2, 0.25) is 0 Å². The predicted molar refractivity (Wildman–Crippen MR) is 82.7 cm³/mol. The Balaban J connectivity index is 1.74. The number of benzene rings is 2. The van der Waals surface area contributed by atoms with E-state index < -0.39 is 0 Å². The molecule has 1 aliphatic heterocycles. The molecule has 0 atom stereocenters. The highest BCUT2D eigenvalue weighted by molar-refractivity contribution is 5.64. The fourth-order valence-electron chi connectivity index (χ4n) is 2.66. The van der Waals surface area contributed by atoms with Crippen LogP contribution in [0.1, 0.15) is 11.1 Å². The van der Waals surface area contributed by atoms with Crippen LogP contribution in [0, 0.1) is 12.7 Å². The molecule has 2 nitrogen and oxygen atoms in total. The second kappa shape index (κ2) is 6.37. The summed E-state index contributed by atoms with van der Waals surface area (Å²) in [6.45, 7) is 6.42. The van der Waals surface area contributed by atoms with E-state index in [-0.39, 0.29) is 5.82 Å². The van der Waals surface area contributed by atoms with Crippen molar-refractivity contribution >= 4 is 0 Å². The molecule has 2 aromatic rings. The number of ether oxygens (including phenoxy) is 1. The quantitative estimate of drug-likeness (QED) is 0.854. The summed E-state index contributed by atoms with van der Waals surface area (Å²) in [4.78, 5) is 2.38. The van der Waals surface area contributed by atoms with Crippen LogP contribution in [-0.2, 0) is 11.3 Å². The monoisotopic (exact) mass is 285 g/mol. The van der Waals surface area contributed by atoms with Gasteiger partial charge < -0.3 is 4.74 Å². The Bertz CT molecular complexity index is 603. The van der Waals surface area contributed by atoms with Crippen molar-refractivity contribution < 1.29 is 9.13 Å². The van der Waals surface area contributed by atoms with Gasteiger partial charge in [-0.05, 0) is 29.7 Å². The van der Waals surface area contributed by atoms with E-state index in [9.17, 15) is 4.39 Å². The molecule has 0 aliphatic carbocycles. The Hall–Kier alpha value is -1.71. The van der Waals surface area contributed by atoms with Gasteiger partial charge in [-0.3, -0.25) is 4.90 Å². The first-order chi connectivity index (χ1) is 10.2. The Labute approximate surface area is 125 Å². The summed E-state index contributed by atoms with van der Waals surface area (Å²) in [7, 11) is 0. The molecule has 21 heavy (non-hydrogen) atoms. The van der Waals surface area contributed by atoms with Crippen molar-refractivity contribution in [1.82, 2.24) is 4.90 Å². The number of halogens is 1. The maximum absolute atomic E-state index is 14.0. The average Bonchev–Trinajstić information content (AvgIpc) is 2.49. The lowest BCUT2D eigenvalue weighted by Gasteiger charge is -2.26. The molecule has 1 aliphatic rings. The van der Waals surface area contributed by atoms with E-state index in [1.807, 2.05) is 31.2 Å². The number of hydrogen-bond donors (Lipinski definition) is 0. The molecule has 3 heteroatoms. The van der Waals surface area contributed by atoms with Crippen LogP contribution in [0.2, 0.25) is 0 Å². The summed E-state index contributed by atoms with van der Waals surface area (Å²) in [5, 5.41) is 0. The van der Waals surface area contributed by atoms with E-state index in [2.05, 4.69) is 17.0 Å². The Kier molecular flexibility index (Phi) is 4.32. The van der Waals surface area contributed by atoms with Gasteiger partial charge >= 0.3 is 0 Å². The average molecular weight is 285 g/mol. The second-order valence-electron chi connectivity index (χ2n) is 5.57. The van der Waals surface area contributed by atoms with Crippen LogP contribution in [-0.4, -0.2) is 31.2 Å². The van der Waals surface area contributed by atoms with Gasteiger partial charge in [-0.2, -0.15) is 0 Å². The predicted octanol–water partition coefficient (Wildman–Crippen LogP) is 3.63. The molecule has 110 valence electrons. The highest BCUT2D eigenvalue weighted by Crippen LogP contribution is 2.24. The van der Waals surface area contributed by atoms with Gasteiger partial charge in [0.15, 0.2) is 0 Å². The Morgan fingerprint density at radius 1 is 1.05 bits per heavy atom. The molecule has 0 saturated carbocycles. The SMILES string of the molecule is Cc1ccc(-c2ccc(CN3CCOCC3)cc2)c(F)c1. The van der Waals surface area contributed by atoms with Gasteiger partial charge in [0, 0.05) is 25.2 Å². The zero-order chi connectivity index (χ0) is 14.7. The van der Waals surface area contributed by atoms with Crippen LogP contribution in [0.3, 0.4) is 0 Å². The number of rotatable bonds is 3. The minimum absolute atomic E-state index is 0.157. The lowest BCUT2D eigenvalue weighted by atomic mass is 10.0. The summed E-state index contributed by atoms with van der Waals surface area (Å²) in [6.07, 6.45) is 0. The van der Waals surface area contributed by atoms with E-state index >= 15 is 0 Å². The number of nitrogens with zero attached hydrogens (tertiary/aromatic N) is 1. The highest BCUT2D eigenvalue weighted by Gasteiger charge is 2.11. The van der Waals surface area contributed by atoms with Gasteiger partial charge in [0.25, 0.3) is 0 Å². The molecule has 0 unspecified atom stereocenters. The van der Waals surface area contributed by atoms with Crippen LogP contribution in [0.4, 0.5) is 4.39 Å². The molecule has 3 rings (SSSR count). The fourth-order valence-corrected chi connectivity index (χ4v) is 2.66. The van der Waals surface area contributed by atoms with E-state index in [0.29, 0.717) is 5.56 Å². The molecule has 0 N–H and O–H groups in total.